The topological polar surface area (TPSA) is 3.01 Å². The van der Waals surface area contributed by atoms with E-state index in [1.54, 1.807) is 0 Å². The van der Waals surface area contributed by atoms with Crippen LogP contribution in [-0.2, 0) is 0 Å². The van der Waals surface area contributed by atoms with Crippen LogP contribution in [-0.4, -0.2) is 14.1 Å². The number of anilines is 1. The van der Waals surface area contributed by atoms with Gasteiger partial charge in [0.1, 0.15) is 0 Å². The van der Waals surface area contributed by atoms with E-state index in [1.165, 1.54) is 11.3 Å². The van der Waals surface area contributed by atoms with Crippen molar-refractivity contribution in [2.45, 2.75) is 31.7 Å². The van der Waals surface area contributed by atoms with Crippen molar-refractivity contribution >= 4 is 13.8 Å². The molecule has 21 heavy (non-hydrogen) atoms. The van der Waals surface area contributed by atoms with Crippen molar-refractivity contribution in [2.75, 3.05) is 4.90 Å². The maximum absolute atomic E-state index is 2.51. The van der Waals surface area contributed by atoms with E-state index in [0.29, 0.717) is 12.1 Å². The quantitative estimate of drug-likeness (QED) is 0.563. The first-order chi connectivity index (χ1) is 10.1. The van der Waals surface area contributed by atoms with E-state index < -0.39 is 8.07 Å². The monoisotopic (exact) mass is 293 g/mol. The second-order valence-corrected chi connectivity index (χ2v) is 11.9. The molecule has 1 aliphatic heterocycles. The summed E-state index contributed by atoms with van der Waals surface area (Å²) in [5.74, 6) is 0. The fourth-order valence-electron chi connectivity index (χ4n) is 2.78. The van der Waals surface area contributed by atoms with E-state index >= 15 is 0 Å². The summed E-state index contributed by atoms with van der Waals surface area (Å²) in [5.41, 5.74) is 5.19. The Bertz CT molecular complexity index is 568. The van der Waals surface area contributed by atoms with Crippen LogP contribution in [0.4, 0.5) is 5.69 Å². The number of rotatable bonds is 4. The Kier molecular flexibility index (Phi) is 3.73. The van der Waals surface area contributed by atoms with Crippen LogP contribution in [0.25, 0.3) is 0 Å². The standard InChI is InChI=1S/C19H23NSi/c1-21(2,3)15-14-18-19(16-10-6-4-7-11-16)20(18)17-12-8-5-9-13-17/h4-15,18-19H,1-3H3/b15-14+/t18-,19-,20?/m0/s1. The zero-order valence-corrected chi connectivity index (χ0v) is 14.0. The second kappa shape index (κ2) is 5.53. The molecule has 0 spiro atoms. The molecule has 2 heteroatoms. The second-order valence-electron chi connectivity index (χ2n) is 6.81. The number of nitrogens with zero attached hydrogens (tertiary/aromatic N) is 1. The molecule has 0 aliphatic carbocycles. The van der Waals surface area contributed by atoms with Crippen LogP contribution >= 0.6 is 0 Å². The first-order valence-corrected chi connectivity index (χ1v) is 11.2. The van der Waals surface area contributed by atoms with Crippen molar-refractivity contribution in [1.82, 2.24) is 0 Å². The molecule has 2 aromatic rings. The van der Waals surface area contributed by atoms with E-state index in [1.807, 2.05) is 0 Å². The van der Waals surface area contributed by atoms with Gasteiger partial charge in [0.25, 0.3) is 0 Å². The lowest BCUT2D eigenvalue weighted by atomic mass is 10.1. The minimum Gasteiger partial charge on any atom is -0.353 e. The summed E-state index contributed by atoms with van der Waals surface area (Å²) in [6.07, 6.45) is 2.43. The van der Waals surface area contributed by atoms with Gasteiger partial charge in [-0.25, -0.2) is 0 Å². The molecule has 2 atom stereocenters. The van der Waals surface area contributed by atoms with Gasteiger partial charge in [-0.05, 0) is 17.7 Å². The van der Waals surface area contributed by atoms with Gasteiger partial charge in [0.2, 0.25) is 0 Å². The fourth-order valence-corrected chi connectivity index (χ4v) is 3.55. The fraction of sp³-hybridized carbons (Fsp3) is 0.263. The summed E-state index contributed by atoms with van der Waals surface area (Å²) < 4.78 is 0. The van der Waals surface area contributed by atoms with Crippen molar-refractivity contribution in [3.8, 4) is 0 Å². The van der Waals surface area contributed by atoms with Crippen molar-refractivity contribution in [3.63, 3.8) is 0 Å². The molecular formula is C19H23NSi. The lowest BCUT2D eigenvalue weighted by molar-refractivity contribution is 1.09. The van der Waals surface area contributed by atoms with Gasteiger partial charge in [0, 0.05) is 5.69 Å². The Morgan fingerprint density at radius 2 is 1.43 bits per heavy atom. The van der Waals surface area contributed by atoms with Crippen LogP contribution in [0.2, 0.25) is 19.6 Å². The van der Waals surface area contributed by atoms with Crippen molar-refractivity contribution in [2.24, 2.45) is 0 Å². The smallest absolute Gasteiger partial charge is 0.0789 e. The highest BCUT2D eigenvalue weighted by atomic mass is 28.3. The summed E-state index contributed by atoms with van der Waals surface area (Å²) in [6.45, 7) is 7.16. The third kappa shape index (κ3) is 3.27. The minimum atomic E-state index is -1.15. The van der Waals surface area contributed by atoms with Crippen molar-refractivity contribution < 1.29 is 0 Å². The maximum atomic E-state index is 2.51. The SMILES string of the molecule is C[Si](C)(C)/C=C/[C@H]1[C@H](c2ccccc2)N1c1ccccc1. The third-order valence-electron chi connectivity index (χ3n) is 3.84. The molecular weight excluding hydrogens is 270 g/mol. The molecule has 0 aromatic heterocycles. The Balaban J connectivity index is 1.88. The number of para-hydroxylation sites is 1. The van der Waals surface area contributed by atoms with E-state index in [-0.39, 0.29) is 0 Å². The molecule has 0 amide bonds. The molecule has 0 bridgehead atoms. The van der Waals surface area contributed by atoms with Gasteiger partial charge in [-0.1, -0.05) is 79.9 Å². The van der Waals surface area contributed by atoms with Gasteiger partial charge in [0.15, 0.2) is 0 Å². The molecule has 1 saturated heterocycles. The minimum absolute atomic E-state index is 0.487. The molecule has 0 unspecified atom stereocenters. The average Bonchev–Trinajstić information content (AvgIpc) is 3.21. The van der Waals surface area contributed by atoms with Crippen LogP contribution in [0.3, 0.4) is 0 Å². The summed E-state index contributed by atoms with van der Waals surface area (Å²) in [7, 11) is -1.15. The summed E-state index contributed by atoms with van der Waals surface area (Å²) >= 11 is 0. The molecule has 1 fully saturated rings. The maximum Gasteiger partial charge on any atom is 0.0789 e. The number of benzene rings is 2. The first kappa shape index (κ1) is 14.1. The Morgan fingerprint density at radius 1 is 0.857 bits per heavy atom. The van der Waals surface area contributed by atoms with Gasteiger partial charge >= 0.3 is 0 Å². The molecule has 0 saturated carbocycles. The van der Waals surface area contributed by atoms with Gasteiger partial charge < -0.3 is 4.90 Å². The molecule has 1 nitrogen and oxygen atoms in total. The summed E-state index contributed by atoms with van der Waals surface area (Å²) in [6, 6.07) is 22.6. The highest BCUT2D eigenvalue weighted by Crippen LogP contribution is 2.47. The molecule has 1 heterocycles. The van der Waals surface area contributed by atoms with E-state index in [2.05, 4.69) is 97.0 Å². The van der Waals surface area contributed by atoms with Gasteiger partial charge in [-0.15, -0.1) is 0 Å². The number of hydrogen-bond acceptors (Lipinski definition) is 1. The average molecular weight is 293 g/mol. The summed E-state index contributed by atoms with van der Waals surface area (Å²) in [4.78, 5) is 2.51. The zero-order chi connectivity index (χ0) is 14.9. The van der Waals surface area contributed by atoms with Crippen LogP contribution in [0.1, 0.15) is 11.6 Å². The third-order valence-corrected chi connectivity index (χ3v) is 5.04. The van der Waals surface area contributed by atoms with Gasteiger partial charge in [0.05, 0.1) is 20.2 Å². The molecule has 108 valence electrons. The molecule has 1 aliphatic rings. The Hall–Kier alpha value is -1.80. The Labute approximate surface area is 128 Å². The highest BCUT2D eigenvalue weighted by molar-refractivity contribution is 6.80. The van der Waals surface area contributed by atoms with Crippen molar-refractivity contribution in [3.05, 3.63) is 78.0 Å². The van der Waals surface area contributed by atoms with Crippen LogP contribution in [0.5, 0.6) is 0 Å². The number of hydrogen-bond donors (Lipinski definition) is 0. The molecule has 0 radical (unpaired) electrons. The normalized spacial score (nSPS) is 21.8. The van der Waals surface area contributed by atoms with E-state index in [9.17, 15) is 0 Å². The molecule has 3 rings (SSSR count). The summed E-state index contributed by atoms with van der Waals surface area (Å²) in [5, 5.41) is 0. The van der Waals surface area contributed by atoms with E-state index in [4.69, 9.17) is 0 Å². The largest absolute Gasteiger partial charge is 0.353 e. The molecule has 0 N–H and O–H groups in total. The Morgan fingerprint density at radius 3 is 2.00 bits per heavy atom. The first-order valence-electron chi connectivity index (χ1n) is 7.64. The molecule has 2 aromatic carbocycles. The zero-order valence-electron chi connectivity index (χ0n) is 13.0. The van der Waals surface area contributed by atoms with Crippen LogP contribution in [0, 0.1) is 0 Å². The highest BCUT2D eigenvalue weighted by Gasteiger charge is 2.46. The van der Waals surface area contributed by atoms with Crippen LogP contribution in [0.15, 0.2) is 72.4 Å². The predicted octanol–water partition coefficient (Wildman–Crippen LogP) is 5.05. The van der Waals surface area contributed by atoms with Crippen molar-refractivity contribution in [1.29, 1.82) is 0 Å². The van der Waals surface area contributed by atoms with Gasteiger partial charge in [-0.2, -0.15) is 0 Å². The lowest BCUT2D eigenvalue weighted by Crippen LogP contribution is -2.16. The van der Waals surface area contributed by atoms with Crippen LogP contribution < -0.4 is 4.90 Å². The van der Waals surface area contributed by atoms with Gasteiger partial charge in [-0.3, -0.25) is 0 Å². The lowest BCUT2D eigenvalue weighted by Gasteiger charge is -2.08. The van der Waals surface area contributed by atoms with E-state index in [0.717, 1.165) is 0 Å². The predicted molar refractivity (Wildman–Crippen MR) is 94.4 cm³/mol.